The smallest absolute Gasteiger partial charge is 0.341 e. The topological polar surface area (TPSA) is 73.3 Å². The summed E-state index contributed by atoms with van der Waals surface area (Å²) in [6.07, 6.45) is 1.58. The minimum Gasteiger partial charge on any atom is -0.494 e. The van der Waals surface area contributed by atoms with Crippen LogP contribution in [-0.4, -0.2) is 29.2 Å². The third-order valence-electron chi connectivity index (χ3n) is 5.07. The first-order valence-corrected chi connectivity index (χ1v) is 10.4. The lowest BCUT2D eigenvalue weighted by molar-refractivity contribution is 0.0527. The van der Waals surface area contributed by atoms with Gasteiger partial charge in [-0.15, -0.1) is 0 Å². The van der Waals surface area contributed by atoms with Crippen molar-refractivity contribution >= 4 is 39.1 Å². The highest BCUT2D eigenvalue weighted by molar-refractivity contribution is 6.13. The summed E-state index contributed by atoms with van der Waals surface area (Å²) < 4.78 is 10.8. The molecular formula is C25H25N3O3. The van der Waals surface area contributed by atoms with Crippen molar-refractivity contribution in [2.75, 3.05) is 18.5 Å². The van der Waals surface area contributed by atoms with Crippen LogP contribution in [0.3, 0.4) is 0 Å². The van der Waals surface area contributed by atoms with E-state index in [-0.39, 0.29) is 6.61 Å². The van der Waals surface area contributed by atoms with Gasteiger partial charge < -0.3 is 14.8 Å². The van der Waals surface area contributed by atoms with Gasteiger partial charge >= 0.3 is 5.97 Å². The molecule has 2 aromatic heterocycles. The predicted molar refractivity (Wildman–Crippen MR) is 123 cm³/mol. The number of nitrogens with one attached hydrogen (secondary N) is 1. The Balaban J connectivity index is 1.94. The molecule has 6 nitrogen and oxygen atoms in total. The van der Waals surface area contributed by atoms with Gasteiger partial charge in [0.05, 0.1) is 29.9 Å². The molecule has 1 N–H and O–H groups in total. The number of ether oxygens (including phenoxy) is 2. The molecule has 0 bridgehead atoms. The van der Waals surface area contributed by atoms with Crippen molar-refractivity contribution in [3.05, 3.63) is 65.5 Å². The molecule has 158 valence electrons. The number of fused-ring (bicyclic) bond motifs is 3. The van der Waals surface area contributed by atoms with E-state index in [4.69, 9.17) is 14.5 Å². The van der Waals surface area contributed by atoms with Crippen LogP contribution in [0.1, 0.15) is 35.5 Å². The Morgan fingerprint density at radius 2 is 1.81 bits per heavy atom. The average Bonchev–Trinajstić information content (AvgIpc) is 2.76. The quantitative estimate of drug-likeness (QED) is 0.321. The van der Waals surface area contributed by atoms with E-state index < -0.39 is 5.97 Å². The summed E-state index contributed by atoms with van der Waals surface area (Å²) in [5.41, 5.74) is 5.42. The maximum atomic E-state index is 12.7. The Labute approximate surface area is 181 Å². The fourth-order valence-corrected chi connectivity index (χ4v) is 3.68. The minimum atomic E-state index is -0.422. The molecule has 4 aromatic rings. The van der Waals surface area contributed by atoms with E-state index in [0.717, 1.165) is 44.5 Å². The molecule has 31 heavy (non-hydrogen) atoms. The van der Waals surface area contributed by atoms with Crippen LogP contribution < -0.4 is 10.1 Å². The molecule has 0 spiro atoms. The second kappa shape index (κ2) is 8.60. The molecule has 0 fully saturated rings. The van der Waals surface area contributed by atoms with E-state index in [1.54, 1.807) is 13.1 Å². The predicted octanol–water partition coefficient (Wildman–Crippen LogP) is 5.72. The van der Waals surface area contributed by atoms with Gasteiger partial charge in [0, 0.05) is 28.4 Å². The molecule has 6 heteroatoms. The highest BCUT2D eigenvalue weighted by Crippen LogP contribution is 2.35. The van der Waals surface area contributed by atoms with Gasteiger partial charge in [-0.25, -0.2) is 4.79 Å². The second-order valence-corrected chi connectivity index (χ2v) is 7.29. The van der Waals surface area contributed by atoms with Gasteiger partial charge in [-0.05, 0) is 64.1 Å². The first-order valence-electron chi connectivity index (χ1n) is 10.4. The van der Waals surface area contributed by atoms with Crippen LogP contribution in [-0.2, 0) is 4.74 Å². The van der Waals surface area contributed by atoms with E-state index in [0.29, 0.717) is 17.9 Å². The van der Waals surface area contributed by atoms with Gasteiger partial charge in [0.25, 0.3) is 0 Å². The zero-order valence-corrected chi connectivity index (χ0v) is 18.2. The molecule has 0 unspecified atom stereocenters. The normalized spacial score (nSPS) is 11.0. The van der Waals surface area contributed by atoms with E-state index in [9.17, 15) is 4.79 Å². The van der Waals surface area contributed by atoms with Crippen molar-refractivity contribution in [1.29, 1.82) is 0 Å². The Bertz CT molecular complexity index is 1270. The fourth-order valence-electron chi connectivity index (χ4n) is 3.68. The Kier molecular flexibility index (Phi) is 5.71. The van der Waals surface area contributed by atoms with Crippen LogP contribution >= 0.6 is 0 Å². The SMILES string of the molecule is CCOC(=O)c1cnc2c(c(C)nc3ccc(C)cc32)c1Nc1ccc(OCC)cc1. The molecule has 0 saturated heterocycles. The Hall–Kier alpha value is -3.67. The van der Waals surface area contributed by atoms with Crippen LogP contribution in [0.2, 0.25) is 0 Å². The first kappa shape index (κ1) is 20.6. The van der Waals surface area contributed by atoms with Crippen molar-refractivity contribution in [3.63, 3.8) is 0 Å². The van der Waals surface area contributed by atoms with E-state index in [1.165, 1.54) is 0 Å². The average molecular weight is 415 g/mol. The summed E-state index contributed by atoms with van der Waals surface area (Å²) in [6, 6.07) is 13.7. The van der Waals surface area contributed by atoms with Crippen LogP contribution in [0.15, 0.2) is 48.7 Å². The molecule has 0 atom stereocenters. The number of carbonyl (C=O) groups is 1. The Morgan fingerprint density at radius 1 is 1.03 bits per heavy atom. The Morgan fingerprint density at radius 3 is 2.52 bits per heavy atom. The minimum absolute atomic E-state index is 0.285. The van der Waals surface area contributed by atoms with Crippen molar-refractivity contribution in [2.24, 2.45) is 0 Å². The van der Waals surface area contributed by atoms with Crippen LogP contribution in [0.5, 0.6) is 5.75 Å². The van der Waals surface area contributed by atoms with Crippen molar-refractivity contribution in [3.8, 4) is 5.75 Å². The first-order chi connectivity index (χ1) is 15.0. The van der Waals surface area contributed by atoms with Crippen LogP contribution in [0.25, 0.3) is 21.8 Å². The molecule has 0 aliphatic rings. The maximum Gasteiger partial charge on any atom is 0.341 e. The van der Waals surface area contributed by atoms with Gasteiger partial charge in [-0.2, -0.15) is 0 Å². The molecule has 0 saturated carbocycles. The van der Waals surface area contributed by atoms with E-state index in [1.807, 2.05) is 57.2 Å². The van der Waals surface area contributed by atoms with E-state index in [2.05, 4.69) is 16.4 Å². The number of aryl methyl sites for hydroxylation is 2. The number of carbonyl (C=O) groups excluding carboxylic acids is 1. The molecule has 0 amide bonds. The molecule has 2 aromatic carbocycles. The highest BCUT2D eigenvalue weighted by Gasteiger charge is 2.20. The number of nitrogens with zero attached hydrogens (tertiary/aromatic N) is 2. The van der Waals surface area contributed by atoms with E-state index >= 15 is 0 Å². The summed E-state index contributed by atoms with van der Waals surface area (Å²) in [5, 5.41) is 5.16. The lowest BCUT2D eigenvalue weighted by atomic mass is 10.0. The fraction of sp³-hybridized carbons (Fsp3) is 0.240. The van der Waals surface area contributed by atoms with Crippen molar-refractivity contribution in [1.82, 2.24) is 9.97 Å². The molecular weight excluding hydrogens is 390 g/mol. The van der Waals surface area contributed by atoms with Gasteiger partial charge in [-0.1, -0.05) is 11.6 Å². The second-order valence-electron chi connectivity index (χ2n) is 7.29. The van der Waals surface area contributed by atoms with Gasteiger partial charge in [0.15, 0.2) is 0 Å². The third-order valence-corrected chi connectivity index (χ3v) is 5.07. The van der Waals surface area contributed by atoms with Gasteiger partial charge in [0.2, 0.25) is 0 Å². The number of hydrogen-bond donors (Lipinski definition) is 1. The number of benzene rings is 2. The molecule has 0 aliphatic heterocycles. The van der Waals surface area contributed by atoms with Gasteiger partial charge in [-0.3, -0.25) is 9.97 Å². The third kappa shape index (κ3) is 4.01. The largest absolute Gasteiger partial charge is 0.494 e. The zero-order chi connectivity index (χ0) is 22.0. The maximum absolute atomic E-state index is 12.7. The summed E-state index contributed by atoms with van der Waals surface area (Å²) in [6.45, 7) is 8.59. The number of rotatable bonds is 6. The number of hydrogen-bond acceptors (Lipinski definition) is 6. The lowest BCUT2D eigenvalue weighted by Crippen LogP contribution is -2.10. The summed E-state index contributed by atoms with van der Waals surface area (Å²) in [7, 11) is 0. The van der Waals surface area contributed by atoms with Gasteiger partial charge in [0.1, 0.15) is 11.3 Å². The molecule has 0 radical (unpaired) electrons. The zero-order valence-electron chi connectivity index (χ0n) is 18.2. The van der Waals surface area contributed by atoms with Crippen molar-refractivity contribution in [2.45, 2.75) is 27.7 Å². The lowest BCUT2D eigenvalue weighted by Gasteiger charge is -2.17. The molecule has 2 heterocycles. The number of esters is 1. The van der Waals surface area contributed by atoms with Crippen molar-refractivity contribution < 1.29 is 14.3 Å². The summed E-state index contributed by atoms with van der Waals surface area (Å²) in [4.78, 5) is 22.2. The molecule has 0 aliphatic carbocycles. The summed E-state index contributed by atoms with van der Waals surface area (Å²) >= 11 is 0. The van der Waals surface area contributed by atoms with Crippen LogP contribution in [0.4, 0.5) is 11.4 Å². The number of aromatic nitrogens is 2. The number of anilines is 2. The number of pyridine rings is 2. The van der Waals surface area contributed by atoms with Crippen LogP contribution in [0, 0.1) is 13.8 Å². The summed E-state index contributed by atoms with van der Waals surface area (Å²) in [5.74, 6) is 0.367. The highest BCUT2D eigenvalue weighted by atomic mass is 16.5. The monoisotopic (exact) mass is 415 g/mol. The standard InChI is InChI=1S/C25H25N3O3/c1-5-30-18-10-8-17(9-11-18)28-24-20(25(29)31-6-2)14-26-23-19-13-15(3)7-12-21(19)27-16(4)22(23)24/h7-14H,5-6H2,1-4H3,(H,26,28). The molecule has 4 rings (SSSR count).